The molecule has 14 heteroatoms. The van der Waals surface area contributed by atoms with Gasteiger partial charge in [-0.1, -0.05) is 52.4 Å². The van der Waals surface area contributed by atoms with Crippen molar-refractivity contribution in [2.24, 2.45) is 0 Å². The number of aliphatic hydroxyl groups is 1. The van der Waals surface area contributed by atoms with E-state index in [1.165, 1.54) is 0 Å². The molecule has 3 aliphatic heterocycles. The van der Waals surface area contributed by atoms with Gasteiger partial charge in [0.15, 0.2) is 5.60 Å². The quantitative estimate of drug-likeness (QED) is 0.0713. The van der Waals surface area contributed by atoms with Crippen LogP contribution in [0.4, 0.5) is 4.79 Å². The molecule has 1 saturated heterocycles. The summed E-state index contributed by atoms with van der Waals surface area (Å²) in [6.45, 7) is 5.45. The molecule has 3 N–H and O–H groups in total. The highest BCUT2D eigenvalue weighted by atomic mass is 16.6. The van der Waals surface area contributed by atoms with Crippen molar-refractivity contribution >= 4 is 34.8 Å². The number of ether oxygens (including phenoxy) is 2. The zero-order valence-corrected chi connectivity index (χ0v) is 30.6. The van der Waals surface area contributed by atoms with E-state index in [1.807, 2.05) is 11.8 Å². The van der Waals surface area contributed by atoms with Crippen molar-refractivity contribution in [1.29, 1.82) is 0 Å². The first-order valence-electron chi connectivity index (χ1n) is 18.9. The predicted molar refractivity (Wildman–Crippen MR) is 194 cm³/mol. The molecule has 0 unspecified atom stereocenters. The summed E-state index contributed by atoms with van der Waals surface area (Å²) in [4.78, 5) is 71.6. The van der Waals surface area contributed by atoms with Crippen LogP contribution in [-0.4, -0.2) is 79.7 Å². The van der Waals surface area contributed by atoms with E-state index in [0.29, 0.717) is 68.1 Å². The van der Waals surface area contributed by atoms with Crippen LogP contribution in [0.15, 0.2) is 29.1 Å². The third-order valence-electron chi connectivity index (χ3n) is 10.9. The molecule has 0 radical (unpaired) electrons. The first-order chi connectivity index (χ1) is 25.6. The third-order valence-corrected chi connectivity index (χ3v) is 10.9. The Morgan fingerprint density at radius 1 is 0.906 bits per heavy atom. The van der Waals surface area contributed by atoms with E-state index in [4.69, 9.17) is 19.7 Å². The number of nitrogens with zero attached hydrogens (tertiary/aromatic N) is 4. The zero-order chi connectivity index (χ0) is 37.7. The number of amides is 3. The number of cyclic esters (lactones) is 1. The average molecular weight is 732 g/mol. The van der Waals surface area contributed by atoms with Gasteiger partial charge in [0.1, 0.15) is 12.4 Å². The molecule has 14 nitrogen and oxygen atoms in total. The van der Waals surface area contributed by atoms with Crippen LogP contribution in [0.3, 0.4) is 0 Å². The number of unbranched alkanes of at least 4 members (excludes halogenated alkanes) is 7. The molecular weight excluding hydrogens is 682 g/mol. The maximum Gasteiger partial charge on any atom is 0.415 e. The summed E-state index contributed by atoms with van der Waals surface area (Å²) >= 11 is 0. The Balaban J connectivity index is 1.02. The highest BCUT2D eigenvalue weighted by Crippen LogP contribution is 2.40. The van der Waals surface area contributed by atoms with Gasteiger partial charge >= 0.3 is 12.1 Å². The fourth-order valence-corrected chi connectivity index (χ4v) is 7.75. The summed E-state index contributed by atoms with van der Waals surface area (Å²) in [6.07, 6.45) is 8.92. The molecule has 2 aromatic heterocycles. The Hall–Kier alpha value is -4.82. The lowest BCUT2D eigenvalue weighted by Gasteiger charge is -2.34. The first kappa shape index (κ1) is 37.9. The standard InChI is InChI=1S/C39H49N5O9/c1-3-26-27-21-25(53-38(49)43-19-17-42(18-20-43)34(46)14-12-10-8-6-5-7-9-11-13-33(45)41-51)15-16-31(27)40-35-28(26)23-44-32(35)22-30-29(36(44)47)24-52-37(48)39(30,50)4-2/h15-16,21-22,50-51H,3-14,17-20,23-24H2,1-2H3,(H,41,45)/t39-/m0/s1. The van der Waals surface area contributed by atoms with Crippen LogP contribution in [0.2, 0.25) is 0 Å². The lowest BCUT2D eigenvalue weighted by Crippen LogP contribution is -2.51. The SMILES string of the molecule is CCc1c2c(nc3ccc(OC(=O)N4CCN(C(=O)CCCCCCCCCCC(=O)NO)CC4)cc13)-c1cc3c(c(=O)n1C2)COC(=O)[C@]3(O)CC. The van der Waals surface area contributed by atoms with Gasteiger partial charge < -0.3 is 28.9 Å². The smallest absolute Gasteiger partial charge is 0.415 e. The molecule has 53 heavy (non-hydrogen) atoms. The average Bonchev–Trinajstić information content (AvgIpc) is 3.54. The van der Waals surface area contributed by atoms with Crippen molar-refractivity contribution in [3.05, 3.63) is 56.9 Å². The largest absolute Gasteiger partial charge is 0.458 e. The number of benzene rings is 1. The van der Waals surface area contributed by atoms with E-state index < -0.39 is 17.7 Å². The van der Waals surface area contributed by atoms with Gasteiger partial charge in [-0.05, 0) is 55.5 Å². The minimum Gasteiger partial charge on any atom is -0.458 e. The number of aryl methyl sites for hydroxylation is 1. The number of hydrogen-bond acceptors (Lipinski definition) is 10. The lowest BCUT2D eigenvalue weighted by molar-refractivity contribution is -0.172. The molecule has 1 fully saturated rings. The number of aromatic nitrogens is 2. The molecule has 0 aliphatic carbocycles. The summed E-state index contributed by atoms with van der Waals surface area (Å²) in [7, 11) is 0. The van der Waals surface area contributed by atoms with E-state index in [9.17, 15) is 29.1 Å². The zero-order valence-electron chi connectivity index (χ0n) is 30.6. The van der Waals surface area contributed by atoms with Gasteiger partial charge in [-0.25, -0.2) is 20.1 Å². The summed E-state index contributed by atoms with van der Waals surface area (Å²) < 4.78 is 12.6. The van der Waals surface area contributed by atoms with E-state index in [1.54, 1.807) is 46.1 Å². The predicted octanol–water partition coefficient (Wildman–Crippen LogP) is 4.69. The second-order valence-electron chi connectivity index (χ2n) is 14.2. The number of esters is 1. The van der Waals surface area contributed by atoms with Crippen LogP contribution >= 0.6 is 0 Å². The number of pyridine rings is 2. The molecule has 3 amide bonds. The Bertz CT molecular complexity index is 1950. The molecule has 0 bridgehead atoms. The Morgan fingerprint density at radius 3 is 2.23 bits per heavy atom. The van der Waals surface area contributed by atoms with Gasteiger partial charge in [0, 0.05) is 55.5 Å². The Morgan fingerprint density at radius 2 is 1.57 bits per heavy atom. The maximum atomic E-state index is 13.6. The highest BCUT2D eigenvalue weighted by molar-refractivity contribution is 5.90. The van der Waals surface area contributed by atoms with Crippen molar-refractivity contribution in [3.63, 3.8) is 0 Å². The topological polar surface area (TPSA) is 181 Å². The number of piperazine rings is 1. The summed E-state index contributed by atoms with van der Waals surface area (Å²) in [5.74, 6) is -0.627. The molecule has 284 valence electrons. The lowest BCUT2D eigenvalue weighted by atomic mass is 9.86. The van der Waals surface area contributed by atoms with Gasteiger partial charge in [-0.15, -0.1) is 0 Å². The molecule has 0 spiro atoms. The van der Waals surface area contributed by atoms with Crippen LogP contribution in [0.5, 0.6) is 5.75 Å². The number of rotatable bonds is 14. The molecule has 0 saturated carbocycles. The van der Waals surface area contributed by atoms with Gasteiger partial charge in [0.2, 0.25) is 11.8 Å². The van der Waals surface area contributed by atoms with Crippen molar-refractivity contribution in [1.82, 2.24) is 24.8 Å². The van der Waals surface area contributed by atoms with Crippen LogP contribution in [0.25, 0.3) is 22.3 Å². The summed E-state index contributed by atoms with van der Waals surface area (Å²) in [5, 5.41) is 20.5. The Kier molecular flexibility index (Phi) is 11.8. The van der Waals surface area contributed by atoms with Crippen molar-refractivity contribution in [2.45, 2.75) is 110 Å². The van der Waals surface area contributed by atoms with Crippen molar-refractivity contribution in [3.8, 4) is 17.1 Å². The fraction of sp³-hybridized carbons (Fsp3) is 0.538. The number of hydroxylamine groups is 1. The van der Waals surface area contributed by atoms with E-state index >= 15 is 0 Å². The van der Waals surface area contributed by atoms with Gasteiger partial charge in [0.25, 0.3) is 5.56 Å². The van der Waals surface area contributed by atoms with Crippen LogP contribution in [0, 0.1) is 0 Å². The second kappa shape index (κ2) is 16.5. The second-order valence-corrected chi connectivity index (χ2v) is 14.2. The molecular formula is C39H49N5O9. The normalized spacial score (nSPS) is 17.6. The fourth-order valence-electron chi connectivity index (χ4n) is 7.75. The Labute approximate surface area is 308 Å². The number of fused-ring (bicyclic) bond motifs is 5. The van der Waals surface area contributed by atoms with Crippen molar-refractivity contribution in [2.75, 3.05) is 26.2 Å². The van der Waals surface area contributed by atoms with E-state index in [2.05, 4.69) is 0 Å². The number of hydrogen-bond donors (Lipinski definition) is 3. The van der Waals surface area contributed by atoms with E-state index in [-0.39, 0.29) is 48.1 Å². The number of nitrogens with one attached hydrogen (secondary N) is 1. The molecule has 6 rings (SSSR count). The number of carbonyl (C=O) groups excluding carboxylic acids is 4. The highest BCUT2D eigenvalue weighted by Gasteiger charge is 2.45. The third kappa shape index (κ3) is 7.79. The molecule has 3 aromatic rings. The van der Waals surface area contributed by atoms with E-state index in [0.717, 1.165) is 67.9 Å². The molecule has 1 aromatic carbocycles. The minimum atomic E-state index is -1.90. The summed E-state index contributed by atoms with van der Waals surface area (Å²) in [5.41, 5.74) is 3.65. The minimum absolute atomic E-state index is 0.0665. The van der Waals surface area contributed by atoms with Crippen LogP contribution < -0.4 is 15.8 Å². The monoisotopic (exact) mass is 731 g/mol. The molecule has 5 heterocycles. The van der Waals surface area contributed by atoms with Gasteiger partial charge in [-0.2, -0.15) is 0 Å². The van der Waals surface area contributed by atoms with Crippen LogP contribution in [-0.2, 0) is 44.3 Å². The van der Waals surface area contributed by atoms with Crippen molar-refractivity contribution < 1.29 is 39.0 Å². The maximum absolute atomic E-state index is 13.6. The molecule has 1 atom stereocenters. The number of carbonyl (C=O) groups is 4. The van der Waals surface area contributed by atoms with Gasteiger partial charge in [-0.3, -0.25) is 19.6 Å². The van der Waals surface area contributed by atoms with Crippen LogP contribution in [0.1, 0.15) is 107 Å². The summed E-state index contributed by atoms with van der Waals surface area (Å²) in [6, 6.07) is 6.98. The van der Waals surface area contributed by atoms with Gasteiger partial charge in [0.05, 0.1) is 29.0 Å². The molecule has 3 aliphatic rings. The first-order valence-corrected chi connectivity index (χ1v) is 18.9.